The van der Waals surface area contributed by atoms with Crippen molar-refractivity contribution >= 4 is 17.3 Å². The van der Waals surface area contributed by atoms with Crippen LogP contribution in [0.4, 0.5) is 0 Å². The van der Waals surface area contributed by atoms with Crippen molar-refractivity contribution < 1.29 is 14.3 Å². The topological polar surface area (TPSA) is 61.3 Å². The summed E-state index contributed by atoms with van der Waals surface area (Å²) < 4.78 is 9.97. The lowest BCUT2D eigenvalue weighted by Gasteiger charge is -2.02. The fourth-order valence-electron chi connectivity index (χ4n) is 1.07. The van der Waals surface area contributed by atoms with Crippen LogP contribution in [0.3, 0.4) is 0 Å². The van der Waals surface area contributed by atoms with Crippen molar-refractivity contribution in [3.63, 3.8) is 0 Å². The third-order valence-corrected chi connectivity index (χ3v) is 2.40. The average molecular weight is 236 g/mol. The monoisotopic (exact) mass is 236 g/mol. The smallest absolute Gasteiger partial charge is 0.339 e. The minimum Gasteiger partial charge on any atom is -0.465 e. The maximum Gasteiger partial charge on any atom is 0.339 e. The minimum absolute atomic E-state index is 0.344. The fraction of sp³-hybridized carbons (Fsp3) is 0.100. The van der Waals surface area contributed by atoms with E-state index in [0.717, 1.165) is 0 Å². The summed E-state index contributed by atoms with van der Waals surface area (Å²) in [6, 6.07) is 1.56. The predicted molar refractivity (Wildman–Crippen MR) is 57.8 cm³/mol. The number of esters is 1. The highest BCUT2D eigenvalue weighted by Crippen LogP contribution is 2.23. The van der Waals surface area contributed by atoms with Gasteiger partial charge in [-0.05, 0) is 6.07 Å². The molecule has 0 saturated carbocycles. The molecule has 0 atom stereocenters. The molecule has 2 aromatic rings. The van der Waals surface area contributed by atoms with Gasteiger partial charge in [0.1, 0.15) is 5.75 Å². The molecule has 0 aliphatic rings. The Morgan fingerprint density at radius 2 is 2.31 bits per heavy atom. The van der Waals surface area contributed by atoms with Crippen LogP contribution in [0.15, 0.2) is 30.0 Å². The molecule has 5 nitrogen and oxygen atoms in total. The van der Waals surface area contributed by atoms with Crippen molar-refractivity contribution in [2.24, 2.45) is 0 Å². The molecule has 0 fully saturated rings. The Kier molecular flexibility index (Phi) is 3.11. The van der Waals surface area contributed by atoms with Gasteiger partial charge in [0, 0.05) is 17.8 Å². The van der Waals surface area contributed by atoms with Crippen LogP contribution in [-0.4, -0.2) is 23.0 Å². The van der Waals surface area contributed by atoms with Gasteiger partial charge in [0.25, 0.3) is 5.19 Å². The number of rotatable bonds is 3. The van der Waals surface area contributed by atoms with E-state index in [1.807, 2.05) is 0 Å². The van der Waals surface area contributed by atoms with Crippen molar-refractivity contribution in [2.45, 2.75) is 0 Å². The molecule has 0 aliphatic carbocycles. The van der Waals surface area contributed by atoms with E-state index >= 15 is 0 Å². The molecular formula is C10H8N2O3S. The highest BCUT2D eigenvalue weighted by molar-refractivity contribution is 7.11. The number of aromatic nitrogens is 2. The third-order valence-electron chi connectivity index (χ3n) is 1.75. The van der Waals surface area contributed by atoms with Gasteiger partial charge in [0.05, 0.1) is 18.9 Å². The number of ether oxygens (including phenoxy) is 2. The zero-order chi connectivity index (χ0) is 11.4. The summed E-state index contributed by atoms with van der Waals surface area (Å²) in [5, 5.41) is 2.30. The van der Waals surface area contributed by atoms with Crippen molar-refractivity contribution in [3.05, 3.63) is 35.6 Å². The molecule has 16 heavy (non-hydrogen) atoms. The molecule has 2 aromatic heterocycles. The number of hydrogen-bond acceptors (Lipinski definition) is 6. The molecule has 0 aliphatic heterocycles. The number of methoxy groups -OCH3 is 1. The van der Waals surface area contributed by atoms with E-state index in [2.05, 4.69) is 14.7 Å². The summed E-state index contributed by atoms with van der Waals surface area (Å²) >= 11 is 1.36. The summed E-state index contributed by atoms with van der Waals surface area (Å²) in [6.07, 6.45) is 4.56. The Bertz CT molecular complexity index is 485. The number of pyridine rings is 1. The number of carbonyl (C=O) groups is 1. The SMILES string of the molecule is COC(=O)c1cncc(Oc2nccs2)c1. The molecule has 0 unspecified atom stereocenters. The molecule has 2 rings (SSSR count). The van der Waals surface area contributed by atoms with Gasteiger partial charge in [-0.25, -0.2) is 9.78 Å². The van der Waals surface area contributed by atoms with Crippen LogP contribution in [0.2, 0.25) is 0 Å². The van der Waals surface area contributed by atoms with Crippen molar-refractivity contribution in [2.75, 3.05) is 7.11 Å². The molecule has 82 valence electrons. The van der Waals surface area contributed by atoms with Crippen LogP contribution in [0.5, 0.6) is 10.9 Å². The molecule has 0 aromatic carbocycles. The first-order valence-corrected chi connectivity index (χ1v) is 5.28. The first kappa shape index (κ1) is 10.6. The molecule has 0 spiro atoms. The van der Waals surface area contributed by atoms with Gasteiger partial charge >= 0.3 is 5.97 Å². The van der Waals surface area contributed by atoms with Crippen molar-refractivity contribution in [1.82, 2.24) is 9.97 Å². The largest absolute Gasteiger partial charge is 0.465 e. The van der Waals surface area contributed by atoms with Gasteiger partial charge in [-0.2, -0.15) is 0 Å². The van der Waals surface area contributed by atoms with Crippen molar-refractivity contribution in [1.29, 1.82) is 0 Å². The highest BCUT2D eigenvalue weighted by atomic mass is 32.1. The first-order valence-electron chi connectivity index (χ1n) is 4.40. The van der Waals surface area contributed by atoms with Crippen LogP contribution in [0.1, 0.15) is 10.4 Å². The number of carbonyl (C=O) groups excluding carboxylic acids is 1. The summed E-state index contributed by atoms with van der Waals surface area (Å²) in [7, 11) is 1.32. The Labute approximate surface area is 95.7 Å². The normalized spacial score (nSPS) is 9.81. The molecule has 2 heterocycles. The Morgan fingerprint density at radius 1 is 1.44 bits per heavy atom. The second kappa shape index (κ2) is 4.71. The molecule has 0 N–H and O–H groups in total. The van der Waals surface area contributed by atoms with E-state index in [1.54, 1.807) is 17.6 Å². The summed E-state index contributed by atoms with van der Waals surface area (Å²) in [5.41, 5.74) is 0.344. The molecular weight excluding hydrogens is 228 g/mol. The molecule has 6 heteroatoms. The van der Waals surface area contributed by atoms with Gasteiger partial charge in [-0.3, -0.25) is 4.98 Å². The van der Waals surface area contributed by atoms with Gasteiger partial charge in [0.2, 0.25) is 0 Å². The minimum atomic E-state index is -0.447. The van der Waals surface area contributed by atoms with Gasteiger partial charge in [0.15, 0.2) is 0 Å². The lowest BCUT2D eigenvalue weighted by molar-refractivity contribution is 0.0600. The van der Waals surface area contributed by atoms with Gasteiger partial charge < -0.3 is 9.47 Å². The van der Waals surface area contributed by atoms with E-state index in [-0.39, 0.29) is 0 Å². The molecule has 0 amide bonds. The molecule has 0 saturated heterocycles. The highest BCUT2D eigenvalue weighted by Gasteiger charge is 2.08. The zero-order valence-electron chi connectivity index (χ0n) is 8.41. The van der Waals surface area contributed by atoms with E-state index in [4.69, 9.17) is 4.74 Å². The van der Waals surface area contributed by atoms with E-state index in [1.165, 1.54) is 30.8 Å². The second-order valence-corrected chi connectivity index (χ2v) is 3.66. The molecule has 0 radical (unpaired) electrons. The maximum absolute atomic E-state index is 11.2. The van der Waals surface area contributed by atoms with Gasteiger partial charge in [-0.1, -0.05) is 11.3 Å². The standard InChI is InChI=1S/C10H8N2O3S/c1-14-9(13)7-4-8(6-11-5-7)15-10-12-2-3-16-10/h2-6H,1H3. The van der Waals surface area contributed by atoms with Crippen LogP contribution in [0, 0.1) is 0 Å². The number of thiazole rings is 1. The third kappa shape index (κ3) is 2.34. The Morgan fingerprint density at radius 3 is 3.00 bits per heavy atom. The van der Waals surface area contributed by atoms with E-state index in [0.29, 0.717) is 16.5 Å². The summed E-state index contributed by atoms with van der Waals surface area (Å²) in [6.45, 7) is 0. The predicted octanol–water partition coefficient (Wildman–Crippen LogP) is 2.12. The quantitative estimate of drug-likeness (QED) is 0.764. The fourth-order valence-corrected chi connectivity index (χ4v) is 1.57. The van der Waals surface area contributed by atoms with Crippen LogP contribution in [0.25, 0.3) is 0 Å². The van der Waals surface area contributed by atoms with Crippen LogP contribution in [-0.2, 0) is 4.74 Å². The summed E-state index contributed by atoms with van der Waals surface area (Å²) in [5.74, 6) is 0.00920. The summed E-state index contributed by atoms with van der Waals surface area (Å²) in [4.78, 5) is 19.1. The number of nitrogens with zero attached hydrogens (tertiary/aromatic N) is 2. The molecule has 0 bridgehead atoms. The Hall–Kier alpha value is -1.95. The number of hydrogen-bond donors (Lipinski definition) is 0. The zero-order valence-corrected chi connectivity index (χ0v) is 9.23. The second-order valence-electron chi connectivity index (χ2n) is 2.80. The van der Waals surface area contributed by atoms with Crippen LogP contribution >= 0.6 is 11.3 Å². The Balaban J connectivity index is 2.19. The van der Waals surface area contributed by atoms with E-state index < -0.39 is 5.97 Å². The average Bonchev–Trinajstić information content (AvgIpc) is 2.81. The maximum atomic E-state index is 11.2. The van der Waals surface area contributed by atoms with Crippen molar-refractivity contribution in [3.8, 4) is 10.9 Å². The lowest BCUT2D eigenvalue weighted by Crippen LogP contribution is -2.01. The van der Waals surface area contributed by atoms with E-state index in [9.17, 15) is 4.79 Å². The first-order chi connectivity index (χ1) is 7.79. The lowest BCUT2D eigenvalue weighted by atomic mass is 10.3. The van der Waals surface area contributed by atoms with Gasteiger partial charge in [-0.15, -0.1) is 0 Å². The van der Waals surface area contributed by atoms with Crippen LogP contribution < -0.4 is 4.74 Å².